The van der Waals surface area contributed by atoms with Crippen molar-refractivity contribution in [3.63, 3.8) is 0 Å². The van der Waals surface area contributed by atoms with Gasteiger partial charge in [-0.15, -0.1) is 5.10 Å². The molecule has 0 saturated heterocycles. The van der Waals surface area contributed by atoms with Gasteiger partial charge in [0.2, 0.25) is 11.1 Å². The zero-order valence-corrected chi connectivity index (χ0v) is 15.8. The smallest absolute Gasteiger partial charge is 0.230 e. The van der Waals surface area contributed by atoms with Crippen molar-refractivity contribution in [2.24, 2.45) is 5.92 Å². The molecule has 1 N–H and O–H groups in total. The van der Waals surface area contributed by atoms with Crippen molar-refractivity contribution in [2.45, 2.75) is 57.7 Å². The summed E-state index contributed by atoms with van der Waals surface area (Å²) in [6, 6.07) is 6.35. The summed E-state index contributed by atoms with van der Waals surface area (Å²) < 4.78 is 1.71. The van der Waals surface area contributed by atoms with E-state index in [0.29, 0.717) is 22.9 Å². The number of aromatic nitrogens is 4. The van der Waals surface area contributed by atoms with Crippen molar-refractivity contribution in [1.29, 1.82) is 0 Å². The monoisotopic (exact) mass is 359 g/mol. The summed E-state index contributed by atoms with van der Waals surface area (Å²) in [5.74, 6) is 0.941. The molecule has 6 nitrogen and oxygen atoms in total. The first-order valence-electron chi connectivity index (χ1n) is 8.83. The average molecular weight is 359 g/mol. The number of aryl methyl sites for hydroxylation is 1. The Labute approximate surface area is 152 Å². The molecule has 2 aromatic rings. The summed E-state index contributed by atoms with van der Waals surface area (Å²) in [7, 11) is 0. The van der Waals surface area contributed by atoms with Gasteiger partial charge in [0.25, 0.3) is 0 Å². The van der Waals surface area contributed by atoms with E-state index in [2.05, 4.69) is 47.7 Å². The van der Waals surface area contributed by atoms with Gasteiger partial charge in [-0.2, -0.15) is 4.68 Å². The van der Waals surface area contributed by atoms with Crippen LogP contribution in [0.15, 0.2) is 23.4 Å². The van der Waals surface area contributed by atoms with Crippen molar-refractivity contribution in [2.75, 3.05) is 5.75 Å². The molecule has 1 aliphatic rings. The minimum atomic E-state index is 0.0549. The second-order valence-corrected chi connectivity index (χ2v) is 7.76. The van der Waals surface area contributed by atoms with E-state index in [1.54, 1.807) is 4.68 Å². The number of rotatable bonds is 5. The van der Waals surface area contributed by atoms with Gasteiger partial charge in [0, 0.05) is 6.04 Å². The van der Waals surface area contributed by atoms with Crippen LogP contribution in [0.1, 0.15) is 43.7 Å². The summed E-state index contributed by atoms with van der Waals surface area (Å²) in [5, 5.41) is 15.8. The number of benzene rings is 1. The zero-order valence-electron chi connectivity index (χ0n) is 15.0. The normalized spacial score (nSPS) is 20.4. The maximum Gasteiger partial charge on any atom is 0.230 e. The van der Waals surface area contributed by atoms with E-state index >= 15 is 0 Å². The Kier molecular flexibility index (Phi) is 5.73. The van der Waals surface area contributed by atoms with Crippen LogP contribution in [0.3, 0.4) is 0 Å². The van der Waals surface area contributed by atoms with Crippen LogP contribution in [-0.4, -0.2) is 37.9 Å². The van der Waals surface area contributed by atoms with Gasteiger partial charge in [0.15, 0.2) is 0 Å². The summed E-state index contributed by atoms with van der Waals surface area (Å²) in [6.45, 7) is 6.34. The van der Waals surface area contributed by atoms with Crippen LogP contribution in [0.5, 0.6) is 0 Å². The fourth-order valence-electron chi connectivity index (χ4n) is 3.29. The molecule has 3 rings (SSSR count). The Morgan fingerprint density at radius 3 is 2.92 bits per heavy atom. The number of hydrogen-bond donors (Lipinski definition) is 1. The SMILES string of the molecule is Cc1cccc(-n2nnnc2SCC(=O)NC2CCCCC2C)c1C. The first-order valence-corrected chi connectivity index (χ1v) is 9.82. The van der Waals surface area contributed by atoms with E-state index in [4.69, 9.17) is 0 Å². The average Bonchev–Trinajstić information content (AvgIpc) is 3.06. The highest BCUT2D eigenvalue weighted by Gasteiger charge is 2.23. The maximum absolute atomic E-state index is 12.3. The van der Waals surface area contributed by atoms with Crippen LogP contribution in [0.4, 0.5) is 0 Å². The molecule has 1 heterocycles. The molecule has 2 atom stereocenters. The van der Waals surface area contributed by atoms with E-state index in [-0.39, 0.29) is 5.91 Å². The lowest BCUT2D eigenvalue weighted by Gasteiger charge is -2.29. The Morgan fingerprint density at radius 1 is 1.32 bits per heavy atom. The highest BCUT2D eigenvalue weighted by molar-refractivity contribution is 7.99. The van der Waals surface area contributed by atoms with Crippen LogP contribution >= 0.6 is 11.8 Å². The molecular weight excluding hydrogens is 334 g/mol. The molecule has 1 aromatic carbocycles. The van der Waals surface area contributed by atoms with Gasteiger partial charge in [-0.1, -0.05) is 43.7 Å². The van der Waals surface area contributed by atoms with Crippen molar-refractivity contribution in [3.8, 4) is 5.69 Å². The minimum Gasteiger partial charge on any atom is -0.352 e. The molecule has 0 radical (unpaired) electrons. The van der Waals surface area contributed by atoms with Crippen molar-refractivity contribution >= 4 is 17.7 Å². The number of nitrogens with one attached hydrogen (secondary N) is 1. The molecule has 1 aromatic heterocycles. The summed E-state index contributed by atoms with van der Waals surface area (Å²) in [4.78, 5) is 12.3. The number of carbonyl (C=O) groups is 1. The number of thioether (sulfide) groups is 1. The number of nitrogens with zero attached hydrogens (tertiary/aromatic N) is 4. The van der Waals surface area contributed by atoms with Gasteiger partial charge in [-0.3, -0.25) is 4.79 Å². The van der Waals surface area contributed by atoms with Gasteiger partial charge in [-0.25, -0.2) is 0 Å². The molecule has 0 bridgehead atoms. The van der Waals surface area contributed by atoms with Crippen LogP contribution in [0.25, 0.3) is 5.69 Å². The van der Waals surface area contributed by atoms with Gasteiger partial charge in [0.1, 0.15) is 0 Å². The Morgan fingerprint density at radius 2 is 2.12 bits per heavy atom. The fraction of sp³-hybridized carbons (Fsp3) is 0.556. The van der Waals surface area contributed by atoms with Crippen LogP contribution < -0.4 is 5.32 Å². The lowest BCUT2D eigenvalue weighted by Crippen LogP contribution is -2.41. The molecule has 25 heavy (non-hydrogen) atoms. The molecule has 1 saturated carbocycles. The van der Waals surface area contributed by atoms with Crippen molar-refractivity contribution < 1.29 is 4.79 Å². The third-order valence-electron chi connectivity index (χ3n) is 5.04. The fourth-order valence-corrected chi connectivity index (χ4v) is 3.99. The van der Waals surface area contributed by atoms with Crippen LogP contribution in [0.2, 0.25) is 0 Å². The van der Waals surface area contributed by atoms with Gasteiger partial charge >= 0.3 is 0 Å². The van der Waals surface area contributed by atoms with Gasteiger partial charge in [-0.05, 0) is 60.2 Å². The summed E-state index contributed by atoms with van der Waals surface area (Å²) in [6.07, 6.45) is 4.75. The van der Waals surface area contributed by atoms with Crippen molar-refractivity contribution in [3.05, 3.63) is 29.3 Å². The first-order chi connectivity index (χ1) is 12.1. The molecule has 1 aliphatic carbocycles. The second kappa shape index (κ2) is 7.99. The van der Waals surface area contributed by atoms with E-state index in [0.717, 1.165) is 17.7 Å². The lowest BCUT2D eigenvalue weighted by atomic mass is 9.86. The third kappa shape index (κ3) is 4.21. The maximum atomic E-state index is 12.3. The van der Waals surface area contributed by atoms with E-state index in [1.807, 2.05) is 12.1 Å². The third-order valence-corrected chi connectivity index (χ3v) is 5.95. The molecule has 1 amide bonds. The Bertz CT molecular complexity index is 745. The molecule has 0 spiro atoms. The predicted molar refractivity (Wildman–Crippen MR) is 98.9 cm³/mol. The van der Waals surface area contributed by atoms with E-state index in [1.165, 1.54) is 36.6 Å². The van der Waals surface area contributed by atoms with Crippen molar-refractivity contribution in [1.82, 2.24) is 25.5 Å². The Hall–Kier alpha value is -1.89. The molecule has 7 heteroatoms. The van der Waals surface area contributed by atoms with E-state index < -0.39 is 0 Å². The minimum absolute atomic E-state index is 0.0549. The summed E-state index contributed by atoms with van der Waals surface area (Å²) >= 11 is 1.38. The quantitative estimate of drug-likeness (QED) is 0.831. The van der Waals surface area contributed by atoms with Crippen LogP contribution in [-0.2, 0) is 4.79 Å². The molecule has 134 valence electrons. The Balaban J connectivity index is 1.64. The predicted octanol–water partition coefficient (Wildman–Crippen LogP) is 3.07. The van der Waals surface area contributed by atoms with Crippen LogP contribution in [0, 0.1) is 19.8 Å². The molecule has 1 fully saturated rings. The topological polar surface area (TPSA) is 72.7 Å². The number of amides is 1. The highest BCUT2D eigenvalue weighted by atomic mass is 32.2. The van der Waals surface area contributed by atoms with Gasteiger partial charge in [0.05, 0.1) is 11.4 Å². The molecule has 0 aliphatic heterocycles. The second-order valence-electron chi connectivity index (χ2n) is 6.82. The molecular formula is C18H25N5OS. The standard InChI is InChI=1S/C18H25N5OS/c1-12-8-6-10-16(14(12)3)23-18(20-21-22-23)25-11-17(24)19-15-9-5-4-7-13(15)2/h6,8,10,13,15H,4-5,7,9,11H2,1-3H3,(H,19,24). The number of carbonyl (C=O) groups excluding carboxylic acids is 1. The summed E-state index contributed by atoms with van der Waals surface area (Å²) in [5.41, 5.74) is 3.28. The van der Waals surface area contributed by atoms with Gasteiger partial charge < -0.3 is 5.32 Å². The zero-order chi connectivity index (χ0) is 17.8. The lowest BCUT2D eigenvalue weighted by molar-refractivity contribution is -0.119. The highest BCUT2D eigenvalue weighted by Crippen LogP contribution is 2.25. The number of hydrogen-bond acceptors (Lipinski definition) is 5. The number of tetrazole rings is 1. The first kappa shape index (κ1) is 17.9. The largest absolute Gasteiger partial charge is 0.352 e. The molecule has 2 unspecified atom stereocenters. The van der Waals surface area contributed by atoms with E-state index in [9.17, 15) is 4.79 Å².